The number of thiazole rings is 1. The van der Waals surface area contributed by atoms with Gasteiger partial charge in [0.25, 0.3) is 5.91 Å². The van der Waals surface area contributed by atoms with Crippen molar-refractivity contribution in [3.8, 4) is 0 Å². The molecule has 9 nitrogen and oxygen atoms in total. The maximum atomic E-state index is 13.0. The van der Waals surface area contributed by atoms with Gasteiger partial charge in [-0.05, 0) is 56.8 Å². The highest BCUT2D eigenvalue weighted by atomic mass is 32.1. The molecular formula is C25H36N4O5S. The number of rotatable bonds is 8. The fourth-order valence-corrected chi connectivity index (χ4v) is 7.01. The van der Waals surface area contributed by atoms with Crippen LogP contribution in [-0.2, 0) is 11.2 Å². The van der Waals surface area contributed by atoms with Crippen LogP contribution in [0.25, 0.3) is 0 Å². The largest absolute Gasteiger partial charge is 0.459 e. The minimum atomic E-state index is -0.689. The molecule has 2 heterocycles. The van der Waals surface area contributed by atoms with Crippen LogP contribution in [0, 0.1) is 16.7 Å². The third-order valence-electron chi connectivity index (χ3n) is 8.13. The third-order valence-corrected chi connectivity index (χ3v) is 9.14. The second kappa shape index (κ2) is 10.0. The number of amides is 2. The zero-order valence-corrected chi connectivity index (χ0v) is 21.7. The monoisotopic (exact) mass is 504 g/mol. The number of hydrogen-bond acceptors (Lipinski definition) is 8. The van der Waals surface area contributed by atoms with Crippen LogP contribution in [-0.4, -0.2) is 71.8 Å². The molecule has 0 bridgehead atoms. The van der Waals surface area contributed by atoms with Crippen molar-refractivity contribution in [2.75, 3.05) is 39.1 Å². The Morgan fingerprint density at radius 2 is 2.11 bits per heavy atom. The van der Waals surface area contributed by atoms with Crippen molar-refractivity contribution in [3.05, 3.63) is 34.7 Å². The van der Waals surface area contributed by atoms with Crippen LogP contribution in [0.2, 0.25) is 0 Å². The number of aliphatic hydroxyl groups is 2. The fraction of sp³-hybridized carbons (Fsp3) is 0.640. The lowest BCUT2D eigenvalue weighted by Crippen LogP contribution is -2.57. The van der Waals surface area contributed by atoms with Gasteiger partial charge in [-0.2, -0.15) is 0 Å². The number of furan rings is 1. The summed E-state index contributed by atoms with van der Waals surface area (Å²) < 4.78 is 5.20. The Kier molecular flexibility index (Phi) is 7.38. The molecule has 0 aromatic carbocycles. The summed E-state index contributed by atoms with van der Waals surface area (Å²) in [5.74, 6) is -0.454. The molecule has 0 aliphatic heterocycles. The van der Waals surface area contributed by atoms with Crippen LogP contribution in [0.15, 0.2) is 22.8 Å². The molecule has 2 amide bonds. The number of anilines is 1. The molecule has 1 saturated carbocycles. The molecule has 4 N–H and O–H groups in total. The van der Waals surface area contributed by atoms with Gasteiger partial charge in [-0.3, -0.25) is 14.9 Å². The molecule has 4 rings (SSSR count). The quantitative estimate of drug-likeness (QED) is 0.435. The first-order valence-corrected chi connectivity index (χ1v) is 12.9. The molecule has 10 heteroatoms. The molecule has 5 unspecified atom stereocenters. The van der Waals surface area contributed by atoms with E-state index in [0.717, 1.165) is 23.5 Å². The number of carbonyl (C=O) groups is 2. The Labute approximate surface area is 209 Å². The molecule has 2 aromatic heterocycles. The van der Waals surface area contributed by atoms with Crippen molar-refractivity contribution in [2.45, 2.75) is 51.6 Å². The molecule has 0 radical (unpaired) electrons. The number of nitrogens with one attached hydrogen (secondary N) is 2. The Balaban J connectivity index is 1.66. The van der Waals surface area contributed by atoms with E-state index in [2.05, 4.69) is 17.6 Å². The van der Waals surface area contributed by atoms with E-state index < -0.39 is 11.5 Å². The van der Waals surface area contributed by atoms with E-state index in [1.54, 1.807) is 12.1 Å². The van der Waals surface area contributed by atoms with Gasteiger partial charge in [-0.25, -0.2) is 4.98 Å². The standard InChI is InChI=1S/C25H36N4O5S/c1-24-8-7-19(31)25(2,14-30)18(24)13-17-21(15(24)12-20(32)26-9-10-29(3)4)27-23(35-17)28-22(33)16-6-5-11-34-16/h5-6,11,15,18-19,30-31H,7-10,12-14H2,1-4H3,(H,26,32)(H,27,28,33). The SMILES string of the molecule is CN(C)CCNC(=O)CC1c2nc(NC(=O)c3ccco3)sc2CC2C(C)(CO)C(O)CCC12C. The number of hydrogen-bond donors (Lipinski definition) is 4. The minimum Gasteiger partial charge on any atom is -0.459 e. The van der Waals surface area contributed by atoms with E-state index >= 15 is 0 Å². The predicted octanol–water partition coefficient (Wildman–Crippen LogP) is 2.47. The maximum absolute atomic E-state index is 13.0. The highest BCUT2D eigenvalue weighted by Gasteiger charge is 2.59. The molecule has 2 aromatic rings. The van der Waals surface area contributed by atoms with Crippen LogP contribution >= 0.6 is 11.3 Å². The average molecular weight is 505 g/mol. The Morgan fingerprint density at radius 1 is 1.34 bits per heavy atom. The average Bonchev–Trinajstić information content (AvgIpc) is 3.48. The molecule has 192 valence electrons. The zero-order chi connectivity index (χ0) is 25.4. The normalized spacial score (nSPS) is 30.0. The van der Waals surface area contributed by atoms with Crippen LogP contribution in [0.1, 0.15) is 60.2 Å². The summed E-state index contributed by atoms with van der Waals surface area (Å²) in [7, 11) is 3.92. The number of carbonyl (C=O) groups excluding carboxylic acids is 2. The second-order valence-electron chi connectivity index (χ2n) is 10.6. The van der Waals surface area contributed by atoms with Crippen LogP contribution in [0.3, 0.4) is 0 Å². The molecule has 5 atom stereocenters. The fourth-order valence-electron chi connectivity index (χ4n) is 5.94. The third kappa shape index (κ3) is 4.89. The number of aromatic nitrogens is 1. The van der Waals surface area contributed by atoms with Crippen molar-refractivity contribution in [1.82, 2.24) is 15.2 Å². The van der Waals surface area contributed by atoms with Crippen LogP contribution < -0.4 is 10.6 Å². The van der Waals surface area contributed by atoms with Gasteiger partial charge in [0.1, 0.15) is 0 Å². The van der Waals surface area contributed by atoms with Gasteiger partial charge >= 0.3 is 0 Å². The summed E-state index contributed by atoms with van der Waals surface area (Å²) >= 11 is 1.39. The van der Waals surface area contributed by atoms with E-state index in [9.17, 15) is 19.8 Å². The summed E-state index contributed by atoms with van der Waals surface area (Å²) in [5, 5.41) is 27.5. The summed E-state index contributed by atoms with van der Waals surface area (Å²) in [6.45, 7) is 5.28. The summed E-state index contributed by atoms with van der Waals surface area (Å²) in [4.78, 5) is 33.4. The predicted molar refractivity (Wildman–Crippen MR) is 133 cm³/mol. The van der Waals surface area contributed by atoms with Gasteiger partial charge < -0.3 is 24.8 Å². The topological polar surface area (TPSA) is 128 Å². The smallest absolute Gasteiger partial charge is 0.293 e. The zero-order valence-electron chi connectivity index (χ0n) is 20.8. The number of likely N-dealkylation sites (N-methyl/N-ethyl adjacent to an activating group) is 1. The van der Waals surface area contributed by atoms with Crippen molar-refractivity contribution >= 4 is 28.3 Å². The van der Waals surface area contributed by atoms with E-state index in [4.69, 9.17) is 9.40 Å². The number of aliphatic hydroxyl groups excluding tert-OH is 2. The Bertz CT molecular complexity index is 1050. The first-order valence-electron chi connectivity index (χ1n) is 12.1. The van der Waals surface area contributed by atoms with E-state index in [0.29, 0.717) is 24.5 Å². The van der Waals surface area contributed by atoms with Gasteiger partial charge in [0, 0.05) is 35.7 Å². The lowest BCUT2D eigenvalue weighted by atomic mass is 9.47. The van der Waals surface area contributed by atoms with Crippen LogP contribution in [0.5, 0.6) is 0 Å². The highest BCUT2D eigenvalue weighted by Crippen LogP contribution is 2.62. The first kappa shape index (κ1) is 25.8. The molecule has 35 heavy (non-hydrogen) atoms. The van der Waals surface area contributed by atoms with E-state index in [1.807, 2.05) is 25.9 Å². The van der Waals surface area contributed by atoms with E-state index in [-0.39, 0.29) is 47.9 Å². The lowest BCUT2D eigenvalue weighted by Gasteiger charge is -2.58. The van der Waals surface area contributed by atoms with Gasteiger partial charge in [-0.1, -0.05) is 13.8 Å². The number of fused-ring (bicyclic) bond motifs is 2. The second-order valence-corrected chi connectivity index (χ2v) is 11.7. The van der Waals surface area contributed by atoms with Crippen molar-refractivity contribution in [3.63, 3.8) is 0 Å². The summed E-state index contributed by atoms with van der Waals surface area (Å²) in [6.07, 6.45) is 3.01. The first-order chi connectivity index (χ1) is 16.6. The highest BCUT2D eigenvalue weighted by molar-refractivity contribution is 7.15. The van der Waals surface area contributed by atoms with Gasteiger partial charge in [0.05, 0.1) is 24.7 Å². The molecule has 0 spiro atoms. The van der Waals surface area contributed by atoms with Crippen LogP contribution in [0.4, 0.5) is 5.13 Å². The van der Waals surface area contributed by atoms with E-state index in [1.165, 1.54) is 17.6 Å². The lowest BCUT2D eigenvalue weighted by molar-refractivity contribution is -0.144. The van der Waals surface area contributed by atoms with Gasteiger partial charge in [-0.15, -0.1) is 11.3 Å². The molecule has 1 fully saturated rings. The molecular weight excluding hydrogens is 468 g/mol. The molecule has 0 saturated heterocycles. The van der Waals surface area contributed by atoms with Crippen molar-refractivity contribution < 1.29 is 24.2 Å². The number of nitrogens with zero attached hydrogens (tertiary/aromatic N) is 2. The van der Waals surface area contributed by atoms with Gasteiger partial charge in [0.15, 0.2) is 10.9 Å². The molecule has 2 aliphatic rings. The van der Waals surface area contributed by atoms with Crippen molar-refractivity contribution in [1.29, 1.82) is 0 Å². The Morgan fingerprint density at radius 3 is 2.77 bits per heavy atom. The maximum Gasteiger partial charge on any atom is 0.293 e. The Hall–Kier alpha value is -2.27. The van der Waals surface area contributed by atoms with Gasteiger partial charge in [0.2, 0.25) is 5.91 Å². The van der Waals surface area contributed by atoms with Crippen molar-refractivity contribution in [2.24, 2.45) is 16.7 Å². The molecule has 2 aliphatic carbocycles. The summed E-state index contributed by atoms with van der Waals surface area (Å²) in [6, 6.07) is 3.24. The summed E-state index contributed by atoms with van der Waals surface area (Å²) in [5.41, 5.74) is -0.187. The minimum absolute atomic E-state index is 0.0371.